The minimum absolute atomic E-state index is 0.00900. The molecule has 1 heterocycles. The molecule has 0 aliphatic carbocycles. The lowest BCUT2D eigenvalue weighted by atomic mass is 9.94. The van der Waals surface area contributed by atoms with E-state index in [1.54, 1.807) is 0 Å². The number of nitrogens with one attached hydrogen (secondary N) is 1. The first-order valence-electron chi connectivity index (χ1n) is 6.92. The Bertz CT molecular complexity index is 583. The molecule has 0 aliphatic heterocycles. The van der Waals surface area contributed by atoms with Gasteiger partial charge >= 0.3 is 0 Å². The van der Waals surface area contributed by atoms with Gasteiger partial charge in [-0.05, 0) is 24.5 Å². The molecule has 0 radical (unpaired) electrons. The molecule has 2 aromatic rings. The summed E-state index contributed by atoms with van der Waals surface area (Å²) >= 11 is 0. The molecule has 0 spiro atoms. The number of fused-ring (bicyclic) bond motifs is 1. The number of Topliss-reactive ketones (excluding diaryl/α,β-unsaturated/α-hetero) is 1. The van der Waals surface area contributed by atoms with Crippen molar-refractivity contribution in [3.05, 3.63) is 35.5 Å². The summed E-state index contributed by atoms with van der Waals surface area (Å²) in [5.41, 5.74) is 9.57. The van der Waals surface area contributed by atoms with Gasteiger partial charge in [0.2, 0.25) is 0 Å². The third kappa shape index (κ3) is 2.71. The molecule has 1 unspecified atom stereocenters. The van der Waals surface area contributed by atoms with Crippen molar-refractivity contribution in [3.63, 3.8) is 0 Å². The van der Waals surface area contributed by atoms with Crippen LogP contribution in [0.3, 0.4) is 0 Å². The van der Waals surface area contributed by atoms with Gasteiger partial charge in [0, 0.05) is 22.5 Å². The second-order valence-corrected chi connectivity index (χ2v) is 5.35. The van der Waals surface area contributed by atoms with E-state index in [4.69, 9.17) is 5.73 Å². The van der Waals surface area contributed by atoms with E-state index >= 15 is 0 Å². The van der Waals surface area contributed by atoms with E-state index in [-0.39, 0.29) is 11.7 Å². The average Bonchev–Trinajstić information content (AvgIpc) is 2.76. The summed E-state index contributed by atoms with van der Waals surface area (Å²) in [7, 11) is 0. The van der Waals surface area contributed by atoms with E-state index in [9.17, 15) is 4.79 Å². The smallest absolute Gasteiger partial charge is 0.152 e. The summed E-state index contributed by atoms with van der Waals surface area (Å²) in [6.07, 6.45) is 1.54. The Balaban J connectivity index is 2.36. The van der Waals surface area contributed by atoms with Crippen molar-refractivity contribution in [2.24, 2.45) is 11.7 Å². The third-order valence-corrected chi connectivity index (χ3v) is 3.61. The van der Waals surface area contributed by atoms with E-state index in [0.29, 0.717) is 6.42 Å². The highest BCUT2D eigenvalue weighted by atomic mass is 16.1. The maximum atomic E-state index is 12.0. The van der Waals surface area contributed by atoms with Crippen LogP contribution in [-0.4, -0.2) is 16.8 Å². The van der Waals surface area contributed by atoms with Gasteiger partial charge in [-0.3, -0.25) is 4.79 Å². The van der Waals surface area contributed by atoms with Crippen LogP contribution in [0.5, 0.6) is 0 Å². The summed E-state index contributed by atoms with van der Waals surface area (Å²) in [6, 6.07) is 7.78. The number of hydrogen-bond donors (Lipinski definition) is 2. The predicted molar refractivity (Wildman–Crippen MR) is 79.2 cm³/mol. The Morgan fingerprint density at radius 1 is 1.32 bits per heavy atom. The molecule has 3 nitrogen and oxygen atoms in total. The molecule has 19 heavy (non-hydrogen) atoms. The van der Waals surface area contributed by atoms with Crippen molar-refractivity contribution in [1.82, 2.24) is 4.98 Å². The van der Waals surface area contributed by atoms with Gasteiger partial charge in [-0.25, -0.2) is 0 Å². The van der Waals surface area contributed by atoms with Crippen LogP contribution < -0.4 is 5.73 Å². The predicted octanol–water partition coefficient (Wildman–Crippen LogP) is 2.83. The number of carbonyl (C=O) groups is 1. The number of aryl methyl sites for hydroxylation is 1. The number of aromatic amines is 1. The number of para-hydroxylation sites is 1. The van der Waals surface area contributed by atoms with Crippen LogP contribution in [0.2, 0.25) is 0 Å². The maximum absolute atomic E-state index is 12.0. The molecule has 3 heteroatoms. The summed E-state index contributed by atoms with van der Waals surface area (Å²) < 4.78 is 0. The van der Waals surface area contributed by atoms with E-state index in [2.05, 4.69) is 24.0 Å². The monoisotopic (exact) mass is 258 g/mol. The van der Waals surface area contributed by atoms with Crippen LogP contribution in [0.25, 0.3) is 10.9 Å². The standard InChI is InChI=1S/C16H22N2O/c1-4-14-12(9-13(17)16(19)10(2)3)11-7-5-6-8-15(11)18-14/h5-8,10,13,18H,4,9,17H2,1-3H3. The number of nitrogens with two attached hydrogens (primary N) is 1. The Morgan fingerprint density at radius 2 is 2.00 bits per heavy atom. The fourth-order valence-electron chi connectivity index (χ4n) is 2.54. The van der Waals surface area contributed by atoms with Crippen LogP contribution in [0.1, 0.15) is 32.0 Å². The largest absolute Gasteiger partial charge is 0.358 e. The van der Waals surface area contributed by atoms with Crippen LogP contribution >= 0.6 is 0 Å². The fraction of sp³-hybridized carbons (Fsp3) is 0.438. The Hall–Kier alpha value is -1.61. The number of aromatic nitrogens is 1. The minimum atomic E-state index is -0.412. The lowest BCUT2D eigenvalue weighted by Crippen LogP contribution is -2.35. The van der Waals surface area contributed by atoms with Gasteiger partial charge in [0.1, 0.15) is 0 Å². The number of carbonyl (C=O) groups excluding carboxylic acids is 1. The zero-order chi connectivity index (χ0) is 14.0. The van der Waals surface area contributed by atoms with E-state index < -0.39 is 6.04 Å². The number of rotatable bonds is 5. The maximum Gasteiger partial charge on any atom is 0.152 e. The van der Waals surface area contributed by atoms with Gasteiger partial charge in [0.25, 0.3) is 0 Å². The molecule has 0 saturated heterocycles. The molecule has 0 aliphatic rings. The zero-order valence-electron chi connectivity index (χ0n) is 11.9. The molecular weight excluding hydrogens is 236 g/mol. The highest BCUT2D eigenvalue weighted by molar-refractivity contribution is 5.88. The normalized spacial score (nSPS) is 13.1. The van der Waals surface area contributed by atoms with Gasteiger partial charge in [-0.15, -0.1) is 0 Å². The second-order valence-electron chi connectivity index (χ2n) is 5.35. The number of hydrogen-bond acceptors (Lipinski definition) is 2. The summed E-state index contributed by atoms with van der Waals surface area (Å²) in [5, 5.41) is 1.19. The number of H-pyrrole nitrogens is 1. The van der Waals surface area contributed by atoms with Gasteiger partial charge in [0.15, 0.2) is 5.78 Å². The second kappa shape index (κ2) is 5.57. The number of ketones is 1. The molecule has 1 atom stereocenters. The first-order chi connectivity index (χ1) is 9.04. The fourth-order valence-corrected chi connectivity index (χ4v) is 2.54. The molecule has 3 N–H and O–H groups in total. The third-order valence-electron chi connectivity index (χ3n) is 3.61. The Labute approximate surface area is 114 Å². The molecular formula is C16H22N2O. The zero-order valence-corrected chi connectivity index (χ0v) is 11.9. The molecule has 0 saturated carbocycles. The van der Waals surface area contributed by atoms with Crippen LogP contribution in [0, 0.1) is 5.92 Å². The van der Waals surface area contributed by atoms with Crippen molar-refractivity contribution in [2.45, 2.75) is 39.7 Å². The summed E-state index contributed by atoms with van der Waals surface area (Å²) in [5.74, 6) is 0.123. The molecule has 102 valence electrons. The quantitative estimate of drug-likeness (QED) is 0.866. The first-order valence-corrected chi connectivity index (χ1v) is 6.92. The van der Waals surface area contributed by atoms with Crippen molar-refractivity contribution < 1.29 is 4.79 Å². The van der Waals surface area contributed by atoms with Crippen molar-refractivity contribution in [2.75, 3.05) is 0 Å². The van der Waals surface area contributed by atoms with Gasteiger partial charge in [-0.2, -0.15) is 0 Å². The van der Waals surface area contributed by atoms with Crippen LogP contribution in [0.15, 0.2) is 24.3 Å². The van der Waals surface area contributed by atoms with Crippen molar-refractivity contribution in [3.8, 4) is 0 Å². The number of benzene rings is 1. The van der Waals surface area contributed by atoms with Crippen LogP contribution in [-0.2, 0) is 17.6 Å². The average molecular weight is 258 g/mol. The lowest BCUT2D eigenvalue weighted by Gasteiger charge is -2.13. The molecule has 0 fully saturated rings. The van der Waals surface area contributed by atoms with Crippen molar-refractivity contribution in [1.29, 1.82) is 0 Å². The highest BCUT2D eigenvalue weighted by Gasteiger charge is 2.20. The summed E-state index contributed by atoms with van der Waals surface area (Å²) in [6.45, 7) is 5.92. The summed E-state index contributed by atoms with van der Waals surface area (Å²) in [4.78, 5) is 15.4. The molecule has 0 bridgehead atoms. The molecule has 0 amide bonds. The van der Waals surface area contributed by atoms with Gasteiger partial charge in [-0.1, -0.05) is 39.0 Å². The Kier molecular flexibility index (Phi) is 4.05. The molecule has 2 rings (SSSR count). The van der Waals surface area contributed by atoms with Crippen LogP contribution in [0.4, 0.5) is 0 Å². The lowest BCUT2D eigenvalue weighted by molar-refractivity contribution is -0.123. The molecule has 1 aromatic heterocycles. The van der Waals surface area contributed by atoms with E-state index in [1.165, 1.54) is 16.6 Å². The Morgan fingerprint density at radius 3 is 2.63 bits per heavy atom. The SMILES string of the molecule is CCc1[nH]c2ccccc2c1CC(N)C(=O)C(C)C. The first kappa shape index (κ1) is 13.8. The van der Waals surface area contributed by atoms with Gasteiger partial charge in [0.05, 0.1) is 6.04 Å². The minimum Gasteiger partial charge on any atom is -0.358 e. The van der Waals surface area contributed by atoms with Crippen molar-refractivity contribution >= 4 is 16.7 Å². The topological polar surface area (TPSA) is 58.9 Å². The highest BCUT2D eigenvalue weighted by Crippen LogP contribution is 2.24. The molecule has 1 aromatic carbocycles. The van der Waals surface area contributed by atoms with Gasteiger partial charge < -0.3 is 10.7 Å². The van der Waals surface area contributed by atoms with E-state index in [0.717, 1.165) is 11.9 Å². The van der Waals surface area contributed by atoms with E-state index in [1.807, 2.05) is 26.0 Å².